The average molecular weight is 446 g/mol. The summed E-state index contributed by atoms with van der Waals surface area (Å²) in [5.41, 5.74) is 7.89. The van der Waals surface area contributed by atoms with Crippen LogP contribution in [0.15, 0.2) is 48.7 Å². The number of fused-ring (bicyclic) bond motifs is 2. The lowest BCUT2D eigenvalue weighted by Gasteiger charge is -2.30. The Morgan fingerprint density at radius 1 is 1.24 bits per heavy atom. The van der Waals surface area contributed by atoms with E-state index in [-0.39, 0.29) is 0 Å². The van der Waals surface area contributed by atoms with Gasteiger partial charge in [-0.3, -0.25) is 14.9 Å². The largest absolute Gasteiger partial charge is 0.497 e. The van der Waals surface area contributed by atoms with Gasteiger partial charge >= 0.3 is 0 Å². The molecule has 1 aromatic heterocycles. The molecule has 33 heavy (non-hydrogen) atoms. The van der Waals surface area contributed by atoms with E-state index in [0.717, 1.165) is 48.6 Å². The fourth-order valence-electron chi connectivity index (χ4n) is 5.08. The standard InChI is InChI=1S/C27H31N3O3/c1-33-22-7-9-23-21(16-28-25(23)15-22)12-13-30(17-19-2-3-19)26-10-6-20-14-18(4-8-24(20)26)5-11-27(31)29-32/h4-5,7-9,11,14-16,19,26,28,32H,2-3,6,10,12-13,17H2,1H3,(H,29,31)/b11-5+. The van der Waals surface area contributed by atoms with Crippen LogP contribution in [0, 0.1) is 5.92 Å². The Hall–Kier alpha value is -3.09. The number of rotatable bonds is 9. The first-order valence-corrected chi connectivity index (χ1v) is 11.8. The monoisotopic (exact) mass is 445 g/mol. The van der Waals surface area contributed by atoms with Crippen molar-refractivity contribution in [3.63, 3.8) is 0 Å². The number of aromatic amines is 1. The third kappa shape index (κ3) is 4.82. The molecule has 0 aliphatic heterocycles. The Balaban J connectivity index is 1.32. The van der Waals surface area contributed by atoms with E-state index in [4.69, 9.17) is 9.94 Å². The molecule has 0 radical (unpaired) electrons. The highest BCUT2D eigenvalue weighted by Gasteiger charge is 2.32. The Morgan fingerprint density at radius 2 is 2.12 bits per heavy atom. The minimum absolute atomic E-state index is 0.449. The fourth-order valence-corrected chi connectivity index (χ4v) is 5.08. The molecule has 1 fully saturated rings. The maximum atomic E-state index is 11.3. The number of carbonyl (C=O) groups excluding carboxylic acids is 1. The number of H-pyrrole nitrogens is 1. The molecule has 1 saturated carbocycles. The van der Waals surface area contributed by atoms with E-state index >= 15 is 0 Å². The molecule has 1 heterocycles. The number of hydroxylamine groups is 1. The first-order chi connectivity index (χ1) is 16.1. The Labute approximate surface area is 194 Å². The summed E-state index contributed by atoms with van der Waals surface area (Å²) in [4.78, 5) is 17.4. The normalized spacial score (nSPS) is 17.7. The van der Waals surface area contributed by atoms with Crippen molar-refractivity contribution < 1.29 is 14.7 Å². The van der Waals surface area contributed by atoms with Crippen LogP contribution in [0.25, 0.3) is 17.0 Å². The Kier molecular flexibility index (Phi) is 6.20. The third-order valence-electron chi connectivity index (χ3n) is 7.02. The second-order valence-electron chi connectivity index (χ2n) is 9.24. The topological polar surface area (TPSA) is 77.6 Å². The summed E-state index contributed by atoms with van der Waals surface area (Å²) in [5.74, 6) is 1.19. The van der Waals surface area contributed by atoms with Gasteiger partial charge in [-0.1, -0.05) is 18.2 Å². The van der Waals surface area contributed by atoms with Crippen molar-refractivity contribution in [2.45, 2.75) is 38.1 Å². The summed E-state index contributed by atoms with van der Waals surface area (Å²) in [6.07, 6.45) is 11.1. The van der Waals surface area contributed by atoms with Gasteiger partial charge in [-0.05, 0) is 78.5 Å². The lowest BCUT2D eigenvalue weighted by Crippen LogP contribution is -2.31. The zero-order chi connectivity index (χ0) is 22.8. The lowest BCUT2D eigenvalue weighted by molar-refractivity contribution is -0.124. The van der Waals surface area contributed by atoms with Crippen LogP contribution in [0.2, 0.25) is 0 Å². The second kappa shape index (κ2) is 9.41. The molecular weight excluding hydrogens is 414 g/mol. The van der Waals surface area contributed by atoms with Gasteiger partial charge in [-0.2, -0.15) is 0 Å². The molecule has 3 N–H and O–H groups in total. The van der Waals surface area contributed by atoms with Crippen LogP contribution in [0.4, 0.5) is 0 Å². The van der Waals surface area contributed by atoms with Crippen molar-refractivity contribution in [1.29, 1.82) is 0 Å². The molecule has 172 valence electrons. The van der Waals surface area contributed by atoms with Gasteiger partial charge in [-0.25, -0.2) is 5.48 Å². The molecular formula is C27H31N3O3. The van der Waals surface area contributed by atoms with Crippen LogP contribution >= 0.6 is 0 Å². The number of nitrogens with one attached hydrogen (secondary N) is 2. The van der Waals surface area contributed by atoms with E-state index in [1.807, 2.05) is 6.07 Å². The molecule has 6 heteroatoms. The minimum atomic E-state index is -0.514. The minimum Gasteiger partial charge on any atom is -0.497 e. The van der Waals surface area contributed by atoms with Crippen LogP contribution in [0.1, 0.15) is 47.6 Å². The summed E-state index contributed by atoms with van der Waals surface area (Å²) in [5, 5.41) is 9.95. The number of amides is 1. The summed E-state index contributed by atoms with van der Waals surface area (Å²) < 4.78 is 5.36. The van der Waals surface area contributed by atoms with E-state index in [1.165, 1.54) is 47.5 Å². The Bertz CT molecular complexity index is 1180. The molecule has 0 bridgehead atoms. The average Bonchev–Trinajstić information content (AvgIpc) is 3.43. The highest BCUT2D eigenvalue weighted by molar-refractivity contribution is 5.90. The van der Waals surface area contributed by atoms with Crippen LogP contribution < -0.4 is 10.2 Å². The predicted octanol–water partition coefficient (Wildman–Crippen LogP) is 4.64. The fraction of sp³-hybridized carbons (Fsp3) is 0.370. The van der Waals surface area contributed by atoms with E-state index in [9.17, 15) is 4.79 Å². The maximum Gasteiger partial charge on any atom is 0.267 e. The molecule has 5 rings (SSSR count). The van der Waals surface area contributed by atoms with Gasteiger partial charge in [0.25, 0.3) is 5.91 Å². The number of nitrogens with zero attached hydrogens (tertiary/aromatic N) is 1. The summed E-state index contributed by atoms with van der Waals surface area (Å²) >= 11 is 0. The molecule has 3 aromatic rings. The van der Waals surface area contributed by atoms with Gasteiger partial charge in [0, 0.05) is 48.4 Å². The number of aryl methyl sites for hydroxylation is 1. The van der Waals surface area contributed by atoms with Crippen molar-refractivity contribution in [1.82, 2.24) is 15.4 Å². The van der Waals surface area contributed by atoms with Gasteiger partial charge in [0.15, 0.2) is 0 Å². The molecule has 0 spiro atoms. The van der Waals surface area contributed by atoms with Gasteiger partial charge in [0.05, 0.1) is 7.11 Å². The van der Waals surface area contributed by atoms with Gasteiger partial charge in [0.2, 0.25) is 0 Å². The number of ether oxygens (including phenoxy) is 1. The highest BCUT2D eigenvalue weighted by atomic mass is 16.5. The molecule has 1 amide bonds. The third-order valence-corrected chi connectivity index (χ3v) is 7.02. The molecule has 1 unspecified atom stereocenters. The number of methoxy groups -OCH3 is 1. The molecule has 2 aromatic carbocycles. The summed E-state index contributed by atoms with van der Waals surface area (Å²) in [7, 11) is 1.70. The first-order valence-electron chi connectivity index (χ1n) is 11.8. The molecule has 2 aliphatic carbocycles. The molecule has 0 saturated heterocycles. The van der Waals surface area contributed by atoms with Crippen LogP contribution in [0.5, 0.6) is 5.75 Å². The van der Waals surface area contributed by atoms with Gasteiger partial charge in [0.1, 0.15) is 5.75 Å². The van der Waals surface area contributed by atoms with E-state index in [0.29, 0.717) is 6.04 Å². The number of carbonyl (C=O) groups is 1. The van der Waals surface area contributed by atoms with E-state index < -0.39 is 5.91 Å². The van der Waals surface area contributed by atoms with Crippen molar-refractivity contribution in [3.05, 3.63) is 70.9 Å². The van der Waals surface area contributed by atoms with E-state index in [1.54, 1.807) is 18.7 Å². The maximum absolute atomic E-state index is 11.3. The van der Waals surface area contributed by atoms with Gasteiger partial charge < -0.3 is 9.72 Å². The molecule has 6 nitrogen and oxygen atoms in total. The summed E-state index contributed by atoms with van der Waals surface area (Å²) in [6.45, 7) is 2.20. The molecule has 1 atom stereocenters. The van der Waals surface area contributed by atoms with Crippen LogP contribution in [0.3, 0.4) is 0 Å². The number of hydrogen-bond acceptors (Lipinski definition) is 4. The number of aromatic nitrogens is 1. The van der Waals surface area contributed by atoms with Gasteiger partial charge in [-0.15, -0.1) is 0 Å². The highest BCUT2D eigenvalue weighted by Crippen LogP contribution is 2.40. The first kappa shape index (κ1) is 21.7. The zero-order valence-corrected chi connectivity index (χ0v) is 19.0. The lowest BCUT2D eigenvalue weighted by atomic mass is 10.0. The van der Waals surface area contributed by atoms with Crippen molar-refractivity contribution in [2.75, 3.05) is 20.2 Å². The van der Waals surface area contributed by atoms with E-state index in [2.05, 4.69) is 46.4 Å². The van der Waals surface area contributed by atoms with Crippen molar-refractivity contribution in [2.24, 2.45) is 5.92 Å². The number of hydrogen-bond donors (Lipinski definition) is 3. The predicted molar refractivity (Wildman–Crippen MR) is 129 cm³/mol. The van der Waals surface area contributed by atoms with Crippen LogP contribution in [-0.2, 0) is 17.6 Å². The second-order valence-corrected chi connectivity index (χ2v) is 9.24. The number of benzene rings is 2. The van der Waals surface area contributed by atoms with Crippen LogP contribution in [-0.4, -0.2) is 41.2 Å². The SMILES string of the molecule is COc1ccc2c(CCN(CC3CC3)C3CCc4cc(/C=C/C(=O)NO)ccc43)c[nH]c2c1. The summed E-state index contributed by atoms with van der Waals surface area (Å²) in [6, 6.07) is 13.2. The van der Waals surface area contributed by atoms with Crippen molar-refractivity contribution >= 4 is 22.9 Å². The zero-order valence-electron chi connectivity index (χ0n) is 19.0. The Morgan fingerprint density at radius 3 is 2.91 bits per heavy atom. The smallest absolute Gasteiger partial charge is 0.267 e. The quantitative estimate of drug-likeness (QED) is 0.255. The van der Waals surface area contributed by atoms with Crippen molar-refractivity contribution in [3.8, 4) is 5.75 Å². The molecule has 2 aliphatic rings.